The van der Waals surface area contributed by atoms with Crippen LogP contribution in [0.2, 0.25) is 0 Å². The van der Waals surface area contributed by atoms with Crippen LogP contribution in [0.25, 0.3) is 0 Å². The molecule has 0 radical (unpaired) electrons. The first-order valence-electron chi connectivity index (χ1n) is 5.79. The fourth-order valence-corrected chi connectivity index (χ4v) is 1.63. The van der Waals surface area contributed by atoms with E-state index in [9.17, 15) is 14.9 Å². The van der Waals surface area contributed by atoms with Crippen molar-refractivity contribution >= 4 is 11.6 Å². The van der Waals surface area contributed by atoms with Crippen LogP contribution in [0.4, 0.5) is 5.69 Å². The third kappa shape index (κ3) is 3.65. The van der Waals surface area contributed by atoms with E-state index >= 15 is 0 Å². The van der Waals surface area contributed by atoms with Gasteiger partial charge in [-0.1, -0.05) is 13.8 Å². The fraction of sp³-hybridized carbons (Fsp3) is 0.417. The summed E-state index contributed by atoms with van der Waals surface area (Å²) in [4.78, 5) is 21.8. The predicted octanol–water partition coefficient (Wildman–Crippen LogP) is 1.30. The normalized spacial score (nSPS) is 12.1. The Hall–Kier alpha value is -2.15. The smallest absolute Gasteiger partial charge is 0.275 e. The van der Waals surface area contributed by atoms with Crippen LogP contribution in [0.15, 0.2) is 18.2 Å². The van der Waals surface area contributed by atoms with Crippen molar-refractivity contribution in [3.63, 3.8) is 0 Å². The monoisotopic (exact) mass is 267 g/mol. The van der Waals surface area contributed by atoms with Gasteiger partial charge in [0.15, 0.2) is 6.10 Å². The van der Waals surface area contributed by atoms with Crippen LogP contribution in [0.1, 0.15) is 19.4 Å². The van der Waals surface area contributed by atoms with E-state index in [1.165, 1.54) is 18.2 Å². The van der Waals surface area contributed by atoms with Crippen molar-refractivity contribution in [2.24, 2.45) is 11.8 Å². The average molecular weight is 267 g/mol. The largest absolute Gasteiger partial charge is 0.480 e. The van der Waals surface area contributed by atoms with Gasteiger partial charge in [0.1, 0.15) is 5.75 Å². The van der Waals surface area contributed by atoms with Crippen LogP contribution >= 0.6 is 0 Å². The summed E-state index contributed by atoms with van der Waals surface area (Å²) in [5.74, 6) is 4.96. The maximum atomic E-state index is 11.5. The number of nitrogens with one attached hydrogen (secondary N) is 1. The van der Waals surface area contributed by atoms with Crippen molar-refractivity contribution in [1.82, 2.24) is 5.43 Å². The highest BCUT2D eigenvalue weighted by Crippen LogP contribution is 2.24. The fourth-order valence-electron chi connectivity index (χ4n) is 1.63. The van der Waals surface area contributed by atoms with Crippen molar-refractivity contribution in [3.05, 3.63) is 33.9 Å². The van der Waals surface area contributed by atoms with Crippen LogP contribution in [0.3, 0.4) is 0 Å². The molecule has 1 unspecified atom stereocenters. The summed E-state index contributed by atoms with van der Waals surface area (Å²) in [7, 11) is 0. The molecular weight excluding hydrogens is 250 g/mol. The standard InChI is InChI=1S/C12H17N3O4/c1-7(2)11(12(16)14-13)19-9-4-5-10(15(17)18)8(3)6-9/h4-7,11H,13H2,1-3H3,(H,14,16). The molecule has 0 heterocycles. The van der Waals surface area contributed by atoms with Crippen LogP contribution < -0.4 is 16.0 Å². The first-order valence-corrected chi connectivity index (χ1v) is 5.79. The Morgan fingerprint density at radius 2 is 2.11 bits per heavy atom. The molecule has 1 rings (SSSR count). The summed E-state index contributed by atoms with van der Waals surface area (Å²) >= 11 is 0. The summed E-state index contributed by atoms with van der Waals surface area (Å²) < 4.78 is 5.53. The van der Waals surface area contributed by atoms with E-state index in [-0.39, 0.29) is 11.6 Å². The Morgan fingerprint density at radius 3 is 2.53 bits per heavy atom. The van der Waals surface area contributed by atoms with Crippen molar-refractivity contribution < 1.29 is 14.5 Å². The molecule has 3 N–H and O–H groups in total. The van der Waals surface area contributed by atoms with E-state index < -0.39 is 16.9 Å². The molecule has 1 aromatic carbocycles. The number of rotatable bonds is 5. The Kier molecular flexibility index (Phi) is 4.82. The number of carbonyl (C=O) groups is 1. The summed E-state index contributed by atoms with van der Waals surface area (Å²) in [5.41, 5.74) is 2.52. The van der Waals surface area contributed by atoms with Crippen molar-refractivity contribution in [2.45, 2.75) is 26.9 Å². The second-order valence-electron chi connectivity index (χ2n) is 4.50. The Balaban J connectivity index is 2.95. The first kappa shape index (κ1) is 14.9. The van der Waals surface area contributed by atoms with Crippen molar-refractivity contribution in [3.8, 4) is 5.75 Å². The highest BCUT2D eigenvalue weighted by molar-refractivity contribution is 5.80. The number of carbonyl (C=O) groups excluding carboxylic acids is 1. The minimum Gasteiger partial charge on any atom is -0.480 e. The lowest BCUT2D eigenvalue weighted by Crippen LogP contribution is -2.44. The van der Waals surface area contributed by atoms with Crippen molar-refractivity contribution in [1.29, 1.82) is 0 Å². The van der Waals surface area contributed by atoms with Gasteiger partial charge < -0.3 is 4.74 Å². The summed E-state index contributed by atoms with van der Waals surface area (Å²) in [6.45, 7) is 5.24. The average Bonchev–Trinajstić information content (AvgIpc) is 2.34. The zero-order valence-electron chi connectivity index (χ0n) is 11.0. The molecule has 1 atom stereocenters. The van der Waals surface area contributed by atoms with Gasteiger partial charge in [0.2, 0.25) is 0 Å². The van der Waals surface area contributed by atoms with Gasteiger partial charge in [0.05, 0.1) is 4.92 Å². The molecule has 0 aromatic heterocycles. The van der Waals surface area contributed by atoms with Crippen LogP contribution in [0, 0.1) is 23.0 Å². The number of nitro benzene ring substituents is 1. The molecule has 104 valence electrons. The molecule has 0 saturated carbocycles. The van der Waals surface area contributed by atoms with Crippen LogP contribution in [-0.2, 0) is 4.79 Å². The van der Waals surface area contributed by atoms with Gasteiger partial charge in [0, 0.05) is 11.6 Å². The van der Waals surface area contributed by atoms with Crippen molar-refractivity contribution in [2.75, 3.05) is 0 Å². The number of nitrogens with zero attached hydrogens (tertiary/aromatic N) is 1. The Bertz CT molecular complexity index is 488. The van der Waals surface area contributed by atoms with Gasteiger partial charge in [-0.3, -0.25) is 20.3 Å². The summed E-state index contributed by atoms with van der Waals surface area (Å²) in [5, 5.41) is 10.7. The molecule has 0 aliphatic heterocycles. The topological polar surface area (TPSA) is 107 Å². The molecule has 0 aliphatic rings. The minimum atomic E-state index is -0.745. The molecule has 7 heteroatoms. The number of benzene rings is 1. The summed E-state index contributed by atoms with van der Waals surface area (Å²) in [6, 6.07) is 4.34. The second-order valence-corrected chi connectivity index (χ2v) is 4.50. The molecule has 1 amide bonds. The number of hydrogen-bond donors (Lipinski definition) is 2. The molecule has 0 spiro atoms. The van der Waals surface area contributed by atoms with Crippen LogP contribution in [0.5, 0.6) is 5.75 Å². The quantitative estimate of drug-likeness (QED) is 0.362. The highest BCUT2D eigenvalue weighted by atomic mass is 16.6. The third-order valence-electron chi connectivity index (χ3n) is 2.63. The maximum absolute atomic E-state index is 11.5. The van der Waals surface area contributed by atoms with E-state index in [0.29, 0.717) is 11.3 Å². The van der Waals surface area contributed by atoms with Gasteiger partial charge in [0.25, 0.3) is 11.6 Å². The Labute approximate surface area is 110 Å². The molecule has 0 aliphatic carbocycles. The van der Waals surface area contributed by atoms with E-state index in [1.54, 1.807) is 6.92 Å². The summed E-state index contributed by atoms with van der Waals surface area (Å²) in [6.07, 6.45) is -0.745. The molecule has 0 bridgehead atoms. The second kappa shape index (κ2) is 6.14. The first-order chi connectivity index (χ1) is 8.86. The van der Waals surface area contributed by atoms with Gasteiger partial charge >= 0.3 is 0 Å². The Morgan fingerprint density at radius 1 is 1.47 bits per heavy atom. The zero-order valence-corrected chi connectivity index (χ0v) is 11.0. The molecule has 0 fully saturated rings. The zero-order chi connectivity index (χ0) is 14.6. The predicted molar refractivity (Wildman–Crippen MR) is 69.4 cm³/mol. The number of amides is 1. The number of nitrogens with two attached hydrogens (primary N) is 1. The SMILES string of the molecule is Cc1cc(OC(C(=O)NN)C(C)C)ccc1[N+](=O)[O-]. The third-order valence-corrected chi connectivity index (χ3v) is 2.63. The number of aryl methyl sites for hydroxylation is 1. The molecular formula is C12H17N3O4. The molecule has 7 nitrogen and oxygen atoms in total. The molecule has 0 saturated heterocycles. The number of ether oxygens (including phenoxy) is 1. The lowest BCUT2D eigenvalue weighted by Gasteiger charge is -2.20. The van der Waals surface area contributed by atoms with Gasteiger partial charge in [-0.15, -0.1) is 0 Å². The van der Waals surface area contributed by atoms with Gasteiger partial charge in [-0.05, 0) is 25.0 Å². The number of hydrazine groups is 1. The minimum absolute atomic E-state index is 0.0109. The van der Waals surface area contributed by atoms with E-state index in [0.717, 1.165) is 0 Å². The lowest BCUT2D eigenvalue weighted by molar-refractivity contribution is -0.385. The number of nitro groups is 1. The lowest BCUT2D eigenvalue weighted by atomic mass is 10.1. The van der Waals surface area contributed by atoms with Gasteiger partial charge in [-0.2, -0.15) is 0 Å². The molecule has 1 aromatic rings. The highest BCUT2D eigenvalue weighted by Gasteiger charge is 2.24. The van der Waals surface area contributed by atoms with E-state index in [4.69, 9.17) is 10.6 Å². The van der Waals surface area contributed by atoms with E-state index in [1.807, 2.05) is 19.3 Å². The molecule has 19 heavy (non-hydrogen) atoms. The van der Waals surface area contributed by atoms with Gasteiger partial charge in [-0.25, -0.2) is 5.84 Å². The van der Waals surface area contributed by atoms with E-state index in [2.05, 4.69) is 0 Å². The number of hydrogen-bond acceptors (Lipinski definition) is 5. The van der Waals surface area contributed by atoms with Crippen LogP contribution in [-0.4, -0.2) is 16.9 Å². The maximum Gasteiger partial charge on any atom is 0.275 e.